The predicted octanol–water partition coefficient (Wildman–Crippen LogP) is 3.52. The van der Waals surface area contributed by atoms with E-state index >= 15 is 0 Å². The summed E-state index contributed by atoms with van der Waals surface area (Å²) in [6, 6.07) is 16.6. The highest BCUT2D eigenvalue weighted by Gasteiger charge is 2.11. The molecule has 0 heterocycles. The Hall–Kier alpha value is -1.69. The topological polar surface area (TPSA) is 54.4 Å². The Kier molecular flexibility index (Phi) is 6.94. The molecule has 0 bridgehead atoms. The van der Waals surface area contributed by atoms with Crippen molar-refractivity contribution in [3.8, 4) is 0 Å². The molecule has 0 spiro atoms. The maximum atomic E-state index is 10.5. The Labute approximate surface area is 139 Å². The van der Waals surface area contributed by atoms with E-state index in [-0.39, 0.29) is 4.90 Å². The first-order chi connectivity index (χ1) is 10.6. The molecule has 4 nitrogen and oxygen atoms in total. The van der Waals surface area contributed by atoms with Gasteiger partial charge in [-0.25, -0.2) is 0 Å². The zero-order valence-electron chi connectivity index (χ0n) is 14.2. The molecule has 0 aliphatic heterocycles. The summed E-state index contributed by atoms with van der Waals surface area (Å²) in [6.45, 7) is 6.36. The number of benzene rings is 2. The molecule has 126 valence electrons. The van der Waals surface area contributed by atoms with Gasteiger partial charge in [0.15, 0.2) is 0 Å². The smallest absolute Gasteiger partial charge is 0.294 e. The van der Waals surface area contributed by atoms with Gasteiger partial charge >= 0.3 is 0 Å². The SMILES string of the molecule is CC[N+](C)(C)Cc1ccccc1.Cc1ccc(S(=O)(=O)O)cc1. The molecule has 0 atom stereocenters. The summed E-state index contributed by atoms with van der Waals surface area (Å²) in [7, 11) is 0.494. The molecule has 1 N–H and O–H groups in total. The largest absolute Gasteiger partial charge is 0.325 e. The predicted molar refractivity (Wildman–Crippen MR) is 93.8 cm³/mol. The van der Waals surface area contributed by atoms with Crippen molar-refractivity contribution in [1.82, 2.24) is 0 Å². The molecular formula is C18H26NO3S+. The second kappa shape index (κ2) is 8.24. The van der Waals surface area contributed by atoms with E-state index in [4.69, 9.17) is 4.55 Å². The van der Waals surface area contributed by atoms with Gasteiger partial charge in [-0.15, -0.1) is 0 Å². The lowest BCUT2D eigenvalue weighted by molar-refractivity contribution is -0.901. The van der Waals surface area contributed by atoms with Crippen molar-refractivity contribution in [2.24, 2.45) is 0 Å². The van der Waals surface area contributed by atoms with E-state index in [1.54, 1.807) is 12.1 Å². The van der Waals surface area contributed by atoms with Gasteiger partial charge in [-0.05, 0) is 26.0 Å². The van der Waals surface area contributed by atoms with E-state index in [2.05, 4.69) is 51.4 Å². The van der Waals surface area contributed by atoms with Crippen molar-refractivity contribution in [3.05, 3.63) is 65.7 Å². The Morgan fingerprint density at radius 3 is 1.91 bits per heavy atom. The second-order valence-corrected chi connectivity index (χ2v) is 7.61. The minimum atomic E-state index is -4.02. The lowest BCUT2D eigenvalue weighted by Crippen LogP contribution is -2.38. The molecule has 0 aromatic heterocycles. The Balaban J connectivity index is 0.000000231. The minimum absolute atomic E-state index is 0.0666. The Morgan fingerprint density at radius 1 is 0.957 bits per heavy atom. The van der Waals surface area contributed by atoms with Gasteiger partial charge in [0.1, 0.15) is 6.54 Å². The number of quaternary nitrogens is 1. The first-order valence-corrected chi connectivity index (χ1v) is 8.98. The first kappa shape index (κ1) is 19.4. The maximum Gasteiger partial charge on any atom is 0.294 e. The summed E-state index contributed by atoms with van der Waals surface area (Å²) in [5.41, 5.74) is 2.38. The van der Waals surface area contributed by atoms with Gasteiger partial charge in [-0.2, -0.15) is 8.42 Å². The molecule has 0 fully saturated rings. The minimum Gasteiger partial charge on any atom is -0.325 e. The third-order valence-electron chi connectivity index (χ3n) is 3.63. The highest BCUT2D eigenvalue weighted by atomic mass is 32.2. The highest BCUT2D eigenvalue weighted by Crippen LogP contribution is 2.09. The summed E-state index contributed by atoms with van der Waals surface area (Å²) in [5.74, 6) is 0. The standard InChI is InChI=1S/C11H18N.C7H8O3S/c1-4-12(2,3)10-11-8-6-5-7-9-11;1-6-2-4-7(5-3-6)11(8,9)10/h5-9H,4,10H2,1-3H3;2-5H,1H3,(H,8,9,10)/q+1;. The molecule has 0 saturated carbocycles. The van der Waals surface area contributed by atoms with Crippen LogP contribution in [0.5, 0.6) is 0 Å². The van der Waals surface area contributed by atoms with Crippen molar-refractivity contribution >= 4 is 10.1 Å². The molecular weight excluding hydrogens is 310 g/mol. The summed E-state index contributed by atoms with van der Waals surface area (Å²) in [5, 5.41) is 0. The molecule has 0 saturated heterocycles. The van der Waals surface area contributed by atoms with E-state index in [9.17, 15) is 8.42 Å². The van der Waals surface area contributed by atoms with Gasteiger partial charge in [0.05, 0.1) is 25.5 Å². The van der Waals surface area contributed by atoms with Crippen LogP contribution in [-0.2, 0) is 16.7 Å². The van der Waals surface area contributed by atoms with Crippen molar-refractivity contribution in [1.29, 1.82) is 0 Å². The van der Waals surface area contributed by atoms with Crippen LogP contribution in [0.1, 0.15) is 18.1 Å². The van der Waals surface area contributed by atoms with Crippen LogP contribution >= 0.6 is 0 Å². The normalized spacial score (nSPS) is 11.5. The van der Waals surface area contributed by atoms with E-state index in [0.717, 1.165) is 16.6 Å². The summed E-state index contributed by atoms with van der Waals surface area (Å²) >= 11 is 0. The molecule has 0 aliphatic rings. The quantitative estimate of drug-likeness (QED) is 0.686. The number of aryl methyl sites for hydroxylation is 1. The molecule has 0 radical (unpaired) electrons. The molecule has 23 heavy (non-hydrogen) atoms. The first-order valence-electron chi connectivity index (χ1n) is 7.54. The summed E-state index contributed by atoms with van der Waals surface area (Å²) in [4.78, 5) is -0.0666. The van der Waals surface area contributed by atoms with E-state index in [1.165, 1.54) is 24.2 Å². The van der Waals surface area contributed by atoms with Crippen LogP contribution in [0.2, 0.25) is 0 Å². The third-order valence-corrected chi connectivity index (χ3v) is 4.50. The van der Waals surface area contributed by atoms with Crippen LogP contribution in [0.3, 0.4) is 0 Å². The van der Waals surface area contributed by atoms with E-state index in [0.29, 0.717) is 0 Å². The molecule has 0 unspecified atom stereocenters. The van der Waals surface area contributed by atoms with Crippen LogP contribution in [-0.4, -0.2) is 38.1 Å². The van der Waals surface area contributed by atoms with Crippen LogP contribution in [0.4, 0.5) is 0 Å². The van der Waals surface area contributed by atoms with Gasteiger partial charge in [-0.1, -0.05) is 48.0 Å². The molecule has 2 aromatic carbocycles. The number of hydrogen-bond acceptors (Lipinski definition) is 2. The number of rotatable bonds is 4. The molecule has 0 aliphatic carbocycles. The van der Waals surface area contributed by atoms with E-state index < -0.39 is 10.1 Å². The zero-order valence-corrected chi connectivity index (χ0v) is 15.0. The van der Waals surface area contributed by atoms with Crippen molar-refractivity contribution in [2.45, 2.75) is 25.3 Å². The molecule has 2 aromatic rings. The van der Waals surface area contributed by atoms with Crippen LogP contribution in [0.25, 0.3) is 0 Å². The average molecular weight is 336 g/mol. The Morgan fingerprint density at radius 2 is 1.48 bits per heavy atom. The van der Waals surface area contributed by atoms with Gasteiger partial charge in [-0.3, -0.25) is 4.55 Å². The zero-order chi connectivity index (χ0) is 17.5. The van der Waals surface area contributed by atoms with Crippen LogP contribution in [0, 0.1) is 6.92 Å². The van der Waals surface area contributed by atoms with Crippen molar-refractivity contribution < 1.29 is 17.5 Å². The molecule has 2 rings (SSSR count). The van der Waals surface area contributed by atoms with Crippen LogP contribution < -0.4 is 0 Å². The lowest BCUT2D eigenvalue weighted by Gasteiger charge is -2.28. The molecule has 0 amide bonds. The fourth-order valence-electron chi connectivity index (χ4n) is 1.90. The van der Waals surface area contributed by atoms with Gasteiger partial charge in [0.2, 0.25) is 0 Å². The van der Waals surface area contributed by atoms with Crippen LogP contribution in [0.15, 0.2) is 59.5 Å². The summed E-state index contributed by atoms with van der Waals surface area (Å²) in [6.07, 6.45) is 0. The van der Waals surface area contributed by atoms with Gasteiger partial charge in [0.25, 0.3) is 10.1 Å². The monoisotopic (exact) mass is 336 g/mol. The van der Waals surface area contributed by atoms with Crippen molar-refractivity contribution in [3.63, 3.8) is 0 Å². The van der Waals surface area contributed by atoms with E-state index in [1.807, 2.05) is 6.92 Å². The molecule has 5 heteroatoms. The fourth-order valence-corrected chi connectivity index (χ4v) is 2.38. The third kappa shape index (κ3) is 7.41. The second-order valence-electron chi connectivity index (χ2n) is 6.18. The van der Waals surface area contributed by atoms with Gasteiger partial charge in [0, 0.05) is 5.56 Å². The number of nitrogens with zero attached hydrogens (tertiary/aromatic N) is 1. The lowest BCUT2D eigenvalue weighted by atomic mass is 10.2. The Bertz CT molecular complexity index is 693. The fraction of sp³-hybridized carbons (Fsp3) is 0.333. The summed E-state index contributed by atoms with van der Waals surface area (Å²) < 4.78 is 30.6. The number of hydrogen-bond donors (Lipinski definition) is 1. The van der Waals surface area contributed by atoms with Crippen molar-refractivity contribution in [2.75, 3.05) is 20.6 Å². The maximum absolute atomic E-state index is 10.5. The van der Waals surface area contributed by atoms with Gasteiger partial charge < -0.3 is 4.48 Å². The highest BCUT2D eigenvalue weighted by molar-refractivity contribution is 7.85. The average Bonchev–Trinajstić information content (AvgIpc) is 2.48.